The lowest BCUT2D eigenvalue weighted by Crippen LogP contribution is -1.85. The predicted molar refractivity (Wildman–Crippen MR) is 24.5 cm³/mol. The lowest BCUT2D eigenvalue weighted by atomic mass is 10.6. The van der Waals surface area contributed by atoms with Crippen LogP contribution >= 0.6 is 15.9 Å². The normalized spacial score (nSPS) is 14.0. The van der Waals surface area contributed by atoms with Crippen molar-refractivity contribution in [2.75, 3.05) is 0 Å². The molecule has 0 radical (unpaired) electrons. The average molecular weight is 137 g/mol. The van der Waals surface area contributed by atoms with E-state index in [1.807, 2.05) is 0 Å². The molecule has 0 aromatic carbocycles. The van der Waals surface area contributed by atoms with E-state index in [4.69, 9.17) is 0 Å². The summed E-state index contributed by atoms with van der Waals surface area (Å²) in [5, 5.41) is 0. The molecule has 0 aliphatic carbocycles. The topological polar surface area (TPSA) is 17.1 Å². The molecule has 0 heterocycles. The smallest absolute Gasteiger partial charge is 0.133 e. The van der Waals surface area contributed by atoms with Crippen LogP contribution < -0.4 is 0 Å². The zero-order chi connectivity index (χ0) is 4.28. The minimum Gasteiger partial charge on any atom is -0.302 e. The molecule has 0 N–H and O–H groups in total. The molecule has 0 saturated heterocycles. The Balaban J connectivity index is 2.83. The van der Waals surface area contributed by atoms with E-state index < -0.39 is 0 Å². The van der Waals surface area contributed by atoms with E-state index in [1.165, 1.54) is 0 Å². The van der Waals surface area contributed by atoms with Gasteiger partial charge in [0.1, 0.15) is 6.29 Å². The van der Waals surface area contributed by atoms with Crippen LogP contribution in [0.2, 0.25) is 0 Å². The summed E-state index contributed by atoms with van der Waals surface area (Å²) in [5.41, 5.74) is 0. The average Bonchev–Trinajstić information content (AvgIpc) is 1.38. The Bertz CT molecular complexity index is 33.9. The van der Waals surface area contributed by atoms with Gasteiger partial charge in [-0.3, -0.25) is 0 Å². The third-order valence-electron chi connectivity index (χ3n) is 0.188. The second-order valence-corrected chi connectivity index (χ2v) is 2.26. The molecule has 0 amide bonds. The molecule has 0 aromatic heterocycles. The maximum absolute atomic E-state index is 9.46. The van der Waals surface area contributed by atoms with Crippen molar-refractivity contribution in [3.8, 4) is 0 Å². The number of carbonyl (C=O) groups is 1. The van der Waals surface area contributed by atoms with E-state index in [0.717, 1.165) is 6.29 Å². The van der Waals surface area contributed by atoms with Crippen LogP contribution in [-0.2, 0) is 4.79 Å². The first kappa shape index (κ1) is 5.15. The van der Waals surface area contributed by atoms with Crippen molar-refractivity contribution < 1.29 is 4.79 Å². The Hall–Kier alpha value is 0.150. The van der Waals surface area contributed by atoms with Crippen molar-refractivity contribution >= 4 is 22.2 Å². The maximum Gasteiger partial charge on any atom is 0.133 e. The second-order valence-electron chi connectivity index (χ2n) is 0.814. The molecule has 1 atom stereocenters. The van der Waals surface area contributed by atoms with E-state index in [9.17, 15) is 4.79 Å². The molecule has 0 bridgehead atoms. The van der Waals surface area contributed by atoms with Crippen molar-refractivity contribution in [2.24, 2.45) is 0 Å². The van der Waals surface area contributed by atoms with Gasteiger partial charge in [-0.1, -0.05) is 15.9 Å². The highest BCUT2D eigenvalue weighted by Crippen LogP contribution is 1.87. The summed E-state index contributed by atoms with van der Waals surface area (Å²) in [4.78, 5) is 9.47. The largest absolute Gasteiger partial charge is 0.302 e. The highest BCUT2D eigenvalue weighted by molar-refractivity contribution is 9.09. The van der Waals surface area contributed by atoms with Crippen molar-refractivity contribution in [2.45, 2.75) is 11.8 Å². The fraction of sp³-hybridized carbons (Fsp3) is 0.667. The van der Waals surface area contributed by atoms with E-state index in [0.29, 0.717) is 0 Å². The Kier molecular flexibility index (Phi) is 2.46. The van der Waals surface area contributed by atoms with Gasteiger partial charge in [-0.25, -0.2) is 0 Å². The van der Waals surface area contributed by atoms with Crippen molar-refractivity contribution in [1.29, 1.82) is 0 Å². The zero-order valence-corrected chi connectivity index (χ0v) is 4.53. The van der Waals surface area contributed by atoms with Crippen LogP contribution in [0.4, 0.5) is 0 Å². The molecule has 0 rings (SSSR count). The lowest BCUT2D eigenvalue weighted by Gasteiger charge is -1.76. The van der Waals surface area contributed by atoms with Crippen LogP contribution in [-0.4, -0.2) is 11.1 Å². The van der Waals surface area contributed by atoms with Crippen molar-refractivity contribution in [1.82, 2.24) is 0 Å². The van der Waals surface area contributed by atoms with E-state index >= 15 is 0 Å². The predicted octanol–water partition coefficient (Wildman–Crippen LogP) is 0.969. The van der Waals surface area contributed by atoms with Crippen LogP contribution in [0.25, 0.3) is 0 Å². The van der Waals surface area contributed by atoms with E-state index in [-0.39, 0.29) is 4.83 Å². The molecule has 0 fully saturated rings. The number of carbonyl (C=O) groups excluding carboxylic acids is 1. The van der Waals surface area contributed by atoms with Gasteiger partial charge in [0, 0.05) is 0 Å². The number of aldehydes is 1. The van der Waals surface area contributed by atoms with Gasteiger partial charge in [-0.05, 0) is 6.92 Å². The van der Waals surface area contributed by atoms with Gasteiger partial charge in [-0.15, -0.1) is 0 Å². The van der Waals surface area contributed by atoms with Crippen molar-refractivity contribution in [3.05, 3.63) is 0 Å². The van der Waals surface area contributed by atoms with Gasteiger partial charge < -0.3 is 4.79 Å². The van der Waals surface area contributed by atoms with Crippen molar-refractivity contribution in [3.63, 3.8) is 0 Å². The zero-order valence-electron chi connectivity index (χ0n) is 2.94. The minimum absolute atomic E-state index is 0.0162. The van der Waals surface area contributed by atoms with Gasteiger partial charge >= 0.3 is 0 Å². The van der Waals surface area contributed by atoms with Gasteiger partial charge in [0.15, 0.2) is 0 Å². The number of rotatable bonds is 1. The molecule has 0 unspecified atom stereocenters. The fourth-order valence-corrected chi connectivity index (χ4v) is 0. The van der Waals surface area contributed by atoms with Gasteiger partial charge in [0.2, 0.25) is 0 Å². The summed E-state index contributed by atoms with van der Waals surface area (Å²) in [5.74, 6) is 0. The molecule has 5 heavy (non-hydrogen) atoms. The molecule has 30 valence electrons. The standard InChI is InChI=1S/C3H5BrO/c1-3(4)2-5/h2-3H,1H3/t3-/m0/s1. The minimum atomic E-state index is 0.0162. The monoisotopic (exact) mass is 136 g/mol. The summed E-state index contributed by atoms with van der Waals surface area (Å²) >= 11 is 3.01. The Labute approximate surface area is 39.5 Å². The number of halogens is 1. The van der Waals surface area contributed by atoms with Crippen LogP contribution in [0.3, 0.4) is 0 Å². The molecular formula is C3H5BrO. The molecule has 0 aliphatic heterocycles. The van der Waals surface area contributed by atoms with Crippen LogP contribution in [0, 0.1) is 0 Å². The van der Waals surface area contributed by atoms with E-state index in [1.54, 1.807) is 6.92 Å². The SMILES string of the molecule is C[C@H](Br)C=O. The lowest BCUT2D eigenvalue weighted by molar-refractivity contribution is -0.107. The van der Waals surface area contributed by atoms with E-state index in [2.05, 4.69) is 15.9 Å². The maximum atomic E-state index is 9.46. The summed E-state index contributed by atoms with van der Waals surface area (Å²) in [7, 11) is 0. The molecule has 0 aromatic rings. The first-order chi connectivity index (χ1) is 2.27. The Morgan fingerprint density at radius 2 is 2.20 bits per heavy atom. The number of hydrogen-bond acceptors (Lipinski definition) is 1. The van der Waals surface area contributed by atoms with Gasteiger partial charge in [0.25, 0.3) is 0 Å². The molecular weight excluding hydrogens is 132 g/mol. The fourth-order valence-electron chi connectivity index (χ4n) is 0. The summed E-state index contributed by atoms with van der Waals surface area (Å²) in [6.45, 7) is 1.77. The Morgan fingerprint density at radius 1 is 2.00 bits per heavy atom. The first-order valence-electron chi connectivity index (χ1n) is 1.36. The molecule has 2 heteroatoms. The van der Waals surface area contributed by atoms with Crippen LogP contribution in [0.5, 0.6) is 0 Å². The highest BCUT2D eigenvalue weighted by atomic mass is 79.9. The summed E-state index contributed by atoms with van der Waals surface area (Å²) in [6.07, 6.45) is 0.833. The molecule has 0 aliphatic rings. The summed E-state index contributed by atoms with van der Waals surface area (Å²) in [6, 6.07) is 0. The third-order valence-corrected chi connectivity index (χ3v) is 0.403. The summed E-state index contributed by atoms with van der Waals surface area (Å²) < 4.78 is 0. The first-order valence-corrected chi connectivity index (χ1v) is 2.28. The quantitative estimate of drug-likeness (QED) is 0.388. The molecule has 0 spiro atoms. The molecule has 1 nitrogen and oxygen atoms in total. The van der Waals surface area contributed by atoms with Gasteiger partial charge in [0.05, 0.1) is 4.83 Å². The van der Waals surface area contributed by atoms with Gasteiger partial charge in [-0.2, -0.15) is 0 Å². The molecule has 0 saturated carbocycles. The third kappa shape index (κ3) is 4.15. The second kappa shape index (κ2) is 2.39. The number of hydrogen-bond donors (Lipinski definition) is 0. The van der Waals surface area contributed by atoms with Crippen LogP contribution in [0.15, 0.2) is 0 Å². The van der Waals surface area contributed by atoms with Crippen LogP contribution in [0.1, 0.15) is 6.92 Å². The Morgan fingerprint density at radius 3 is 2.20 bits per heavy atom. The number of alkyl halides is 1. The highest BCUT2D eigenvalue weighted by Gasteiger charge is 1.82.